The van der Waals surface area contributed by atoms with E-state index in [2.05, 4.69) is 9.88 Å². The molecule has 4 nitrogen and oxygen atoms in total. The number of aromatic nitrogens is 1. The van der Waals surface area contributed by atoms with E-state index in [4.69, 9.17) is 11.6 Å². The van der Waals surface area contributed by atoms with E-state index in [0.717, 1.165) is 62.0 Å². The van der Waals surface area contributed by atoms with Crippen LogP contribution in [0.4, 0.5) is 4.39 Å². The summed E-state index contributed by atoms with van der Waals surface area (Å²) in [7, 11) is 0. The van der Waals surface area contributed by atoms with E-state index in [1.807, 2.05) is 41.3 Å². The summed E-state index contributed by atoms with van der Waals surface area (Å²) >= 11 is 6.05. The minimum Gasteiger partial charge on any atom is -0.351 e. The van der Waals surface area contributed by atoms with Crippen molar-refractivity contribution in [3.8, 4) is 0 Å². The highest BCUT2D eigenvalue weighted by Crippen LogP contribution is 2.41. The van der Waals surface area contributed by atoms with E-state index in [1.165, 1.54) is 12.1 Å². The molecular formula is C23H23ClFN3O. The number of amides is 1. The molecule has 2 fully saturated rings. The number of carbonyl (C=O) groups excluding carboxylic acids is 1. The monoisotopic (exact) mass is 411 g/mol. The fourth-order valence-electron chi connectivity index (χ4n) is 4.75. The molecule has 1 N–H and O–H groups in total. The molecule has 2 aliphatic rings. The Bertz CT molecular complexity index is 1050. The maximum atomic E-state index is 13.1. The molecule has 5 rings (SSSR count). The molecule has 1 aromatic heterocycles. The van der Waals surface area contributed by atoms with Gasteiger partial charge in [-0.05, 0) is 60.2 Å². The van der Waals surface area contributed by atoms with Gasteiger partial charge in [-0.3, -0.25) is 9.69 Å². The van der Waals surface area contributed by atoms with Gasteiger partial charge in [-0.15, -0.1) is 0 Å². The Morgan fingerprint density at radius 3 is 2.52 bits per heavy atom. The van der Waals surface area contributed by atoms with Crippen LogP contribution < -0.4 is 0 Å². The van der Waals surface area contributed by atoms with Gasteiger partial charge in [-0.1, -0.05) is 23.7 Å². The minimum atomic E-state index is -0.191. The highest BCUT2D eigenvalue weighted by atomic mass is 35.5. The van der Waals surface area contributed by atoms with Gasteiger partial charge in [0.15, 0.2) is 0 Å². The van der Waals surface area contributed by atoms with Crippen molar-refractivity contribution in [1.29, 1.82) is 0 Å². The summed E-state index contributed by atoms with van der Waals surface area (Å²) in [6, 6.07) is 14.3. The van der Waals surface area contributed by atoms with Crippen LogP contribution >= 0.6 is 11.6 Å². The molecule has 0 radical (unpaired) electrons. The highest BCUT2D eigenvalue weighted by molar-refractivity contribution is 6.31. The van der Waals surface area contributed by atoms with Crippen molar-refractivity contribution in [2.45, 2.75) is 19.4 Å². The van der Waals surface area contributed by atoms with Gasteiger partial charge < -0.3 is 9.88 Å². The largest absolute Gasteiger partial charge is 0.351 e. The lowest BCUT2D eigenvalue weighted by atomic mass is 9.72. The van der Waals surface area contributed by atoms with Gasteiger partial charge in [0, 0.05) is 48.6 Å². The van der Waals surface area contributed by atoms with Crippen LogP contribution in [0, 0.1) is 11.2 Å². The molecule has 150 valence electrons. The summed E-state index contributed by atoms with van der Waals surface area (Å²) in [5.74, 6) is -0.126. The Morgan fingerprint density at radius 2 is 1.79 bits per heavy atom. The number of carbonyl (C=O) groups is 1. The van der Waals surface area contributed by atoms with Crippen molar-refractivity contribution < 1.29 is 9.18 Å². The summed E-state index contributed by atoms with van der Waals surface area (Å²) < 4.78 is 13.1. The summed E-state index contributed by atoms with van der Waals surface area (Å²) in [4.78, 5) is 20.5. The molecule has 2 aliphatic heterocycles. The predicted octanol–water partition coefficient (Wildman–Crippen LogP) is 4.70. The van der Waals surface area contributed by atoms with Crippen molar-refractivity contribution in [2.75, 3.05) is 26.2 Å². The van der Waals surface area contributed by atoms with Gasteiger partial charge in [0.2, 0.25) is 0 Å². The normalized spacial score (nSPS) is 18.9. The van der Waals surface area contributed by atoms with Crippen LogP contribution in [0.2, 0.25) is 5.02 Å². The van der Waals surface area contributed by atoms with E-state index in [0.29, 0.717) is 16.1 Å². The maximum Gasteiger partial charge on any atom is 0.270 e. The van der Waals surface area contributed by atoms with Crippen molar-refractivity contribution in [3.05, 3.63) is 70.6 Å². The van der Waals surface area contributed by atoms with E-state index < -0.39 is 0 Å². The molecule has 29 heavy (non-hydrogen) atoms. The predicted molar refractivity (Wildman–Crippen MR) is 113 cm³/mol. The first-order chi connectivity index (χ1) is 14.0. The van der Waals surface area contributed by atoms with Crippen LogP contribution in [0.3, 0.4) is 0 Å². The van der Waals surface area contributed by atoms with E-state index in [1.54, 1.807) is 0 Å². The number of hydrogen-bond donors (Lipinski definition) is 1. The average Bonchev–Trinajstić information content (AvgIpc) is 3.11. The number of H-pyrrole nitrogens is 1. The smallest absolute Gasteiger partial charge is 0.270 e. The lowest BCUT2D eigenvalue weighted by molar-refractivity contribution is -0.0465. The summed E-state index contributed by atoms with van der Waals surface area (Å²) in [5, 5.41) is 1.63. The van der Waals surface area contributed by atoms with Crippen molar-refractivity contribution in [3.63, 3.8) is 0 Å². The number of aromatic amines is 1. The standard InChI is InChI=1S/C23H23ClFN3O/c24-18-3-6-20-17(11-18)12-21(26-20)22(29)28-9-7-23(8-10-28)14-27(15-23)13-16-1-4-19(25)5-2-16/h1-6,11-12,26H,7-10,13-15H2. The third-order valence-corrected chi connectivity index (χ3v) is 6.60. The van der Waals surface area contributed by atoms with Crippen LogP contribution in [0.1, 0.15) is 28.9 Å². The Labute approximate surface area is 174 Å². The van der Waals surface area contributed by atoms with Crippen LogP contribution in [0.5, 0.6) is 0 Å². The molecule has 0 unspecified atom stereocenters. The van der Waals surface area contributed by atoms with E-state index >= 15 is 0 Å². The van der Waals surface area contributed by atoms with Gasteiger partial charge >= 0.3 is 0 Å². The minimum absolute atomic E-state index is 0.0645. The van der Waals surface area contributed by atoms with Crippen molar-refractivity contribution >= 4 is 28.4 Å². The second-order valence-electron chi connectivity index (χ2n) is 8.48. The average molecular weight is 412 g/mol. The number of benzene rings is 2. The van der Waals surface area contributed by atoms with E-state index in [9.17, 15) is 9.18 Å². The number of hydrogen-bond acceptors (Lipinski definition) is 2. The number of likely N-dealkylation sites (tertiary alicyclic amines) is 2. The molecule has 0 saturated carbocycles. The lowest BCUT2D eigenvalue weighted by Crippen LogP contribution is -2.60. The molecular weight excluding hydrogens is 389 g/mol. The summed E-state index contributed by atoms with van der Waals surface area (Å²) in [6.45, 7) is 4.55. The number of piperidine rings is 1. The van der Waals surface area contributed by atoms with Crippen LogP contribution in [0.15, 0.2) is 48.5 Å². The van der Waals surface area contributed by atoms with Crippen molar-refractivity contribution in [2.24, 2.45) is 5.41 Å². The summed E-state index contributed by atoms with van der Waals surface area (Å²) in [6.07, 6.45) is 2.06. The number of halogens is 2. The Balaban J connectivity index is 1.17. The second kappa shape index (κ2) is 7.15. The zero-order valence-electron chi connectivity index (χ0n) is 16.1. The lowest BCUT2D eigenvalue weighted by Gasteiger charge is -2.54. The third-order valence-electron chi connectivity index (χ3n) is 6.36. The first-order valence-electron chi connectivity index (χ1n) is 10.0. The SMILES string of the molecule is O=C(c1cc2cc(Cl)ccc2[nH]1)N1CCC2(CC1)CN(Cc1ccc(F)cc1)C2. The first kappa shape index (κ1) is 18.6. The van der Waals surface area contributed by atoms with E-state index in [-0.39, 0.29) is 11.7 Å². The van der Waals surface area contributed by atoms with Crippen LogP contribution in [-0.2, 0) is 6.54 Å². The zero-order chi connectivity index (χ0) is 20.0. The number of rotatable bonds is 3. The van der Waals surface area contributed by atoms with Gasteiger partial charge in [0.25, 0.3) is 5.91 Å². The van der Waals surface area contributed by atoms with Gasteiger partial charge in [-0.2, -0.15) is 0 Å². The zero-order valence-corrected chi connectivity index (χ0v) is 16.9. The number of fused-ring (bicyclic) bond motifs is 1. The molecule has 0 atom stereocenters. The molecule has 0 bridgehead atoms. The first-order valence-corrected chi connectivity index (χ1v) is 10.4. The number of nitrogens with one attached hydrogen (secondary N) is 1. The second-order valence-corrected chi connectivity index (χ2v) is 8.91. The molecule has 6 heteroatoms. The van der Waals surface area contributed by atoms with Crippen molar-refractivity contribution in [1.82, 2.24) is 14.8 Å². The Morgan fingerprint density at radius 1 is 1.07 bits per heavy atom. The molecule has 1 amide bonds. The maximum absolute atomic E-state index is 13.1. The Kier molecular flexibility index (Phi) is 4.60. The molecule has 2 saturated heterocycles. The third kappa shape index (κ3) is 3.65. The topological polar surface area (TPSA) is 39.3 Å². The number of nitrogens with zero attached hydrogens (tertiary/aromatic N) is 2. The van der Waals surface area contributed by atoms with Gasteiger partial charge in [0.05, 0.1) is 0 Å². The Hall–Kier alpha value is -2.37. The molecule has 3 aromatic rings. The fraction of sp³-hybridized carbons (Fsp3) is 0.348. The van der Waals surface area contributed by atoms with Crippen LogP contribution in [0.25, 0.3) is 10.9 Å². The van der Waals surface area contributed by atoms with Gasteiger partial charge in [0.1, 0.15) is 11.5 Å². The molecule has 1 spiro atoms. The molecule has 3 heterocycles. The quantitative estimate of drug-likeness (QED) is 0.678. The fourth-order valence-corrected chi connectivity index (χ4v) is 4.93. The van der Waals surface area contributed by atoms with Crippen LogP contribution in [-0.4, -0.2) is 46.9 Å². The highest BCUT2D eigenvalue weighted by Gasteiger charge is 2.45. The van der Waals surface area contributed by atoms with Gasteiger partial charge in [-0.25, -0.2) is 4.39 Å². The molecule has 2 aromatic carbocycles. The summed E-state index contributed by atoms with van der Waals surface area (Å²) in [5.41, 5.74) is 3.03. The molecule has 0 aliphatic carbocycles.